The summed E-state index contributed by atoms with van der Waals surface area (Å²) in [6.07, 6.45) is -2.29. The van der Waals surface area contributed by atoms with Crippen molar-refractivity contribution in [3.63, 3.8) is 0 Å². The predicted molar refractivity (Wildman–Crippen MR) is 66.5 cm³/mol. The van der Waals surface area contributed by atoms with Crippen LogP contribution in [0.3, 0.4) is 0 Å². The minimum atomic E-state index is -1.56. The summed E-state index contributed by atoms with van der Waals surface area (Å²) < 4.78 is 9.53. The molecule has 0 heterocycles. The highest BCUT2D eigenvalue weighted by Crippen LogP contribution is 2.31. The molecule has 1 aromatic rings. The fourth-order valence-corrected chi connectivity index (χ4v) is 1.50. The van der Waals surface area contributed by atoms with E-state index in [2.05, 4.69) is 4.74 Å². The molecular formula is C12H13NO7. The zero-order valence-corrected chi connectivity index (χ0v) is 10.9. The Bertz CT molecular complexity index is 541. The van der Waals surface area contributed by atoms with Crippen LogP contribution in [0.15, 0.2) is 18.2 Å². The number of benzene rings is 1. The van der Waals surface area contributed by atoms with Gasteiger partial charge in [0.05, 0.1) is 4.92 Å². The number of carboxylic acid groups (broad SMARTS) is 1. The predicted octanol–water partition coefficient (Wildman–Crippen LogP) is 2.67. The lowest BCUT2D eigenvalue weighted by molar-refractivity contribution is -0.385. The molecule has 0 amide bonds. The van der Waals surface area contributed by atoms with E-state index in [1.165, 1.54) is 6.92 Å². The molecular weight excluding hydrogens is 270 g/mol. The number of carbonyl (C=O) groups is 2. The van der Waals surface area contributed by atoms with Crippen molar-refractivity contribution >= 4 is 17.8 Å². The van der Waals surface area contributed by atoms with E-state index >= 15 is 0 Å². The Labute approximate surface area is 114 Å². The number of nitro groups is 1. The molecule has 0 fully saturated rings. The van der Waals surface area contributed by atoms with Gasteiger partial charge in [0.25, 0.3) is 5.69 Å². The van der Waals surface area contributed by atoms with Gasteiger partial charge in [-0.3, -0.25) is 14.9 Å². The number of hydrogen-bond donors (Lipinski definition) is 1. The van der Waals surface area contributed by atoms with Crippen molar-refractivity contribution in [2.45, 2.75) is 26.4 Å². The number of hydrogen-bond acceptors (Lipinski definition) is 6. The summed E-state index contributed by atoms with van der Waals surface area (Å²) in [5.41, 5.74) is -0.138. The molecule has 8 heteroatoms. The summed E-state index contributed by atoms with van der Waals surface area (Å²) in [6, 6.07) is 3.37. The molecule has 0 aliphatic heterocycles. The fraction of sp³-hybridized carbons (Fsp3) is 0.333. The maximum atomic E-state index is 11.2. The molecule has 0 bridgehead atoms. The molecule has 1 rings (SSSR count). The second-order valence-corrected chi connectivity index (χ2v) is 3.83. The van der Waals surface area contributed by atoms with Crippen molar-refractivity contribution in [3.8, 4) is 5.75 Å². The maximum absolute atomic E-state index is 11.2. The molecule has 0 aliphatic carbocycles. The van der Waals surface area contributed by atoms with Crippen LogP contribution in [-0.2, 0) is 9.53 Å². The van der Waals surface area contributed by atoms with Gasteiger partial charge < -0.3 is 14.6 Å². The van der Waals surface area contributed by atoms with Crippen LogP contribution in [0.1, 0.15) is 31.9 Å². The molecule has 1 N–H and O–H groups in total. The molecule has 1 atom stereocenters. The Morgan fingerprint density at radius 1 is 1.45 bits per heavy atom. The van der Waals surface area contributed by atoms with Crippen LogP contribution in [0, 0.1) is 10.1 Å². The van der Waals surface area contributed by atoms with E-state index in [0.717, 1.165) is 18.2 Å². The molecule has 0 saturated carbocycles. The van der Waals surface area contributed by atoms with Crippen molar-refractivity contribution in [2.24, 2.45) is 0 Å². The Hall–Kier alpha value is -2.64. The molecule has 108 valence electrons. The average Bonchev–Trinajstić information content (AvgIpc) is 2.37. The number of carbonyl (C=O) groups excluding carboxylic acids is 1. The molecule has 0 aromatic heterocycles. The van der Waals surface area contributed by atoms with Crippen LogP contribution >= 0.6 is 0 Å². The Morgan fingerprint density at radius 2 is 2.10 bits per heavy atom. The van der Waals surface area contributed by atoms with Crippen LogP contribution in [-0.4, -0.2) is 22.2 Å². The summed E-state index contributed by atoms with van der Waals surface area (Å²) >= 11 is 0. The smallest absolute Gasteiger partial charge is 0.458 e. The molecule has 0 saturated heterocycles. The zero-order valence-electron chi connectivity index (χ0n) is 10.9. The van der Waals surface area contributed by atoms with Gasteiger partial charge in [0.1, 0.15) is 11.9 Å². The molecule has 20 heavy (non-hydrogen) atoms. The number of esters is 1. The van der Waals surface area contributed by atoms with E-state index in [1.807, 2.05) is 0 Å². The van der Waals surface area contributed by atoms with Gasteiger partial charge >= 0.3 is 12.1 Å². The number of ether oxygens (including phenoxy) is 2. The van der Waals surface area contributed by atoms with Gasteiger partial charge in [-0.2, -0.15) is 0 Å². The van der Waals surface area contributed by atoms with Crippen molar-refractivity contribution < 1.29 is 29.1 Å². The first kappa shape index (κ1) is 15.4. The van der Waals surface area contributed by atoms with E-state index in [0.29, 0.717) is 0 Å². The van der Waals surface area contributed by atoms with Crippen molar-refractivity contribution in [1.29, 1.82) is 0 Å². The topological polar surface area (TPSA) is 116 Å². The zero-order chi connectivity index (χ0) is 15.3. The van der Waals surface area contributed by atoms with Crippen LogP contribution in [0.2, 0.25) is 0 Å². The van der Waals surface area contributed by atoms with Gasteiger partial charge in [0, 0.05) is 24.1 Å². The largest absolute Gasteiger partial charge is 0.511 e. The first-order valence-electron chi connectivity index (χ1n) is 5.73. The van der Waals surface area contributed by atoms with E-state index < -0.39 is 23.2 Å². The second-order valence-electron chi connectivity index (χ2n) is 3.83. The number of nitro benzene ring substituents is 1. The first-order valence-corrected chi connectivity index (χ1v) is 5.73. The highest BCUT2D eigenvalue weighted by molar-refractivity contribution is 5.69. The lowest BCUT2D eigenvalue weighted by Crippen LogP contribution is -2.11. The third-order valence-corrected chi connectivity index (χ3v) is 2.44. The molecule has 0 spiro atoms. The van der Waals surface area contributed by atoms with Crippen LogP contribution in [0.25, 0.3) is 0 Å². The maximum Gasteiger partial charge on any atom is 0.511 e. The van der Waals surface area contributed by atoms with Gasteiger partial charge in [-0.05, 0) is 13.0 Å². The monoisotopic (exact) mass is 283 g/mol. The first-order chi connectivity index (χ1) is 9.35. The van der Waals surface area contributed by atoms with Crippen molar-refractivity contribution in [3.05, 3.63) is 33.9 Å². The summed E-state index contributed by atoms with van der Waals surface area (Å²) in [5, 5.41) is 19.3. The summed E-state index contributed by atoms with van der Waals surface area (Å²) in [7, 11) is 0. The molecule has 1 aromatic carbocycles. The van der Waals surface area contributed by atoms with Gasteiger partial charge in [-0.1, -0.05) is 6.92 Å². The number of nitrogens with zero attached hydrogens (tertiary/aromatic N) is 1. The normalized spacial score (nSPS) is 11.5. The minimum absolute atomic E-state index is 0.112. The third-order valence-electron chi connectivity index (χ3n) is 2.44. The van der Waals surface area contributed by atoms with E-state index in [9.17, 15) is 19.7 Å². The van der Waals surface area contributed by atoms with Gasteiger partial charge in [-0.25, -0.2) is 4.79 Å². The minimum Gasteiger partial charge on any atom is -0.458 e. The van der Waals surface area contributed by atoms with Gasteiger partial charge in [0.15, 0.2) is 0 Å². The molecule has 8 nitrogen and oxygen atoms in total. The highest BCUT2D eigenvalue weighted by Gasteiger charge is 2.21. The third kappa shape index (κ3) is 3.94. The van der Waals surface area contributed by atoms with Gasteiger partial charge in [-0.15, -0.1) is 0 Å². The molecule has 0 radical (unpaired) electrons. The van der Waals surface area contributed by atoms with Crippen LogP contribution in [0.5, 0.6) is 5.75 Å². The summed E-state index contributed by atoms with van der Waals surface area (Å²) in [5.74, 6) is -0.621. The second kappa shape index (κ2) is 6.50. The van der Waals surface area contributed by atoms with Gasteiger partial charge in [0.2, 0.25) is 0 Å². The highest BCUT2D eigenvalue weighted by atomic mass is 16.7. The number of non-ortho nitro benzene ring substituents is 1. The quantitative estimate of drug-likeness (QED) is 0.382. The fourth-order valence-electron chi connectivity index (χ4n) is 1.50. The van der Waals surface area contributed by atoms with Crippen molar-refractivity contribution in [1.82, 2.24) is 0 Å². The lowest BCUT2D eigenvalue weighted by atomic mass is 10.1. The van der Waals surface area contributed by atoms with E-state index in [4.69, 9.17) is 9.84 Å². The standard InChI is InChI=1S/C12H13NO7/c1-3-11(14)19-7(2)9-6-8(13(17)18)4-5-10(9)20-12(15)16/h4-7H,3H2,1-2H3,(H,15,16). The van der Waals surface area contributed by atoms with Crippen LogP contribution in [0.4, 0.5) is 10.5 Å². The number of rotatable bonds is 5. The molecule has 1 unspecified atom stereocenters. The van der Waals surface area contributed by atoms with E-state index in [1.54, 1.807) is 6.92 Å². The Morgan fingerprint density at radius 3 is 2.60 bits per heavy atom. The summed E-state index contributed by atoms with van der Waals surface area (Å²) in [4.78, 5) is 31.9. The van der Waals surface area contributed by atoms with Crippen LogP contribution < -0.4 is 4.74 Å². The molecule has 0 aliphatic rings. The Kier molecular flexibility index (Phi) is 5.01. The van der Waals surface area contributed by atoms with E-state index in [-0.39, 0.29) is 23.4 Å². The summed E-state index contributed by atoms with van der Waals surface area (Å²) in [6.45, 7) is 3.07. The lowest BCUT2D eigenvalue weighted by Gasteiger charge is -2.15. The average molecular weight is 283 g/mol. The SMILES string of the molecule is CCC(=O)OC(C)c1cc([N+](=O)[O-])ccc1OC(=O)O. The Balaban J connectivity index is 3.16. The van der Waals surface area contributed by atoms with Crippen molar-refractivity contribution in [2.75, 3.05) is 0 Å².